The molecule has 1 aromatic carbocycles. The molecule has 0 unspecified atom stereocenters. The zero-order valence-electron chi connectivity index (χ0n) is 14.6. The topological polar surface area (TPSA) is 67.2 Å². The summed E-state index contributed by atoms with van der Waals surface area (Å²) in [5.41, 5.74) is 3.72. The fourth-order valence-electron chi connectivity index (χ4n) is 3.61. The van der Waals surface area contributed by atoms with Crippen molar-refractivity contribution in [3.63, 3.8) is 0 Å². The van der Waals surface area contributed by atoms with Gasteiger partial charge >= 0.3 is 0 Å². The predicted octanol–water partition coefficient (Wildman–Crippen LogP) is 2.56. The third-order valence-corrected chi connectivity index (χ3v) is 5.12. The van der Waals surface area contributed by atoms with Crippen LogP contribution >= 0.6 is 0 Å². The quantitative estimate of drug-likeness (QED) is 0.886. The SMILES string of the molecule is CCn1c(NCCO)nc2c(c1=O)[C@](C)(CC)Cc1ccccc1-2. The van der Waals surface area contributed by atoms with E-state index in [2.05, 4.69) is 25.2 Å². The predicted molar refractivity (Wildman–Crippen MR) is 96.5 cm³/mol. The number of nitrogens with zero attached hydrogens (tertiary/aromatic N) is 2. The fourth-order valence-corrected chi connectivity index (χ4v) is 3.61. The molecule has 0 saturated heterocycles. The first kappa shape index (κ1) is 16.7. The van der Waals surface area contributed by atoms with Crippen molar-refractivity contribution in [3.8, 4) is 11.3 Å². The third-order valence-electron chi connectivity index (χ3n) is 5.12. The third kappa shape index (κ3) is 2.53. The van der Waals surface area contributed by atoms with Crippen LogP contribution in [0.4, 0.5) is 5.95 Å². The van der Waals surface area contributed by atoms with Crippen LogP contribution in [0.25, 0.3) is 11.3 Å². The summed E-state index contributed by atoms with van der Waals surface area (Å²) in [7, 11) is 0. The van der Waals surface area contributed by atoms with Crippen LogP contribution in [0.2, 0.25) is 0 Å². The number of aromatic nitrogens is 2. The number of nitrogens with one attached hydrogen (secondary N) is 1. The van der Waals surface area contributed by atoms with E-state index < -0.39 is 0 Å². The van der Waals surface area contributed by atoms with Crippen LogP contribution in [0.5, 0.6) is 0 Å². The van der Waals surface area contributed by atoms with Gasteiger partial charge in [0.2, 0.25) is 5.95 Å². The van der Waals surface area contributed by atoms with Crippen molar-refractivity contribution < 1.29 is 5.11 Å². The molecule has 0 aliphatic heterocycles. The lowest BCUT2D eigenvalue weighted by atomic mass is 9.69. The van der Waals surface area contributed by atoms with Crippen molar-refractivity contribution in [2.24, 2.45) is 0 Å². The highest BCUT2D eigenvalue weighted by atomic mass is 16.3. The van der Waals surface area contributed by atoms with Gasteiger partial charge in [-0.1, -0.05) is 38.1 Å². The summed E-state index contributed by atoms with van der Waals surface area (Å²) >= 11 is 0. The molecule has 1 atom stereocenters. The number of fused-ring (bicyclic) bond motifs is 3. The Kier molecular flexibility index (Phi) is 4.45. The Morgan fingerprint density at radius 2 is 2.08 bits per heavy atom. The summed E-state index contributed by atoms with van der Waals surface area (Å²) in [6.45, 7) is 7.16. The molecule has 3 rings (SSSR count). The lowest BCUT2D eigenvalue weighted by Gasteiger charge is -2.35. The van der Waals surface area contributed by atoms with Crippen LogP contribution < -0.4 is 10.9 Å². The minimum absolute atomic E-state index is 0.0000677. The Morgan fingerprint density at radius 3 is 2.75 bits per heavy atom. The second-order valence-electron chi connectivity index (χ2n) is 6.61. The Hall–Kier alpha value is -2.14. The van der Waals surface area contributed by atoms with Crippen molar-refractivity contribution >= 4 is 5.95 Å². The summed E-state index contributed by atoms with van der Waals surface area (Å²) in [5, 5.41) is 12.2. The van der Waals surface area contributed by atoms with Crippen LogP contribution in [-0.2, 0) is 18.4 Å². The van der Waals surface area contributed by atoms with Crippen molar-refractivity contribution in [2.75, 3.05) is 18.5 Å². The second-order valence-corrected chi connectivity index (χ2v) is 6.61. The molecule has 128 valence electrons. The van der Waals surface area contributed by atoms with Crippen molar-refractivity contribution in [1.29, 1.82) is 0 Å². The number of hydrogen-bond acceptors (Lipinski definition) is 4. The van der Waals surface area contributed by atoms with E-state index in [0.717, 1.165) is 29.7 Å². The molecule has 0 amide bonds. The van der Waals surface area contributed by atoms with Crippen LogP contribution in [0.3, 0.4) is 0 Å². The molecule has 1 heterocycles. The maximum absolute atomic E-state index is 13.2. The summed E-state index contributed by atoms with van der Waals surface area (Å²) in [5.74, 6) is 0.533. The molecule has 0 radical (unpaired) electrons. The molecule has 0 spiro atoms. The molecule has 2 N–H and O–H groups in total. The van der Waals surface area contributed by atoms with E-state index in [1.807, 2.05) is 25.1 Å². The summed E-state index contributed by atoms with van der Waals surface area (Å²) in [6.07, 6.45) is 1.75. The minimum Gasteiger partial charge on any atom is -0.395 e. The first-order valence-corrected chi connectivity index (χ1v) is 8.64. The average Bonchev–Trinajstić information content (AvgIpc) is 2.59. The molecule has 1 aromatic heterocycles. The van der Waals surface area contributed by atoms with Crippen LogP contribution in [-0.4, -0.2) is 27.8 Å². The highest BCUT2D eigenvalue weighted by Gasteiger charge is 2.38. The van der Waals surface area contributed by atoms with E-state index >= 15 is 0 Å². The van der Waals surface area contributed by atoms with Gasteiger partial charge in [-0.15, -0.1) is 0 Å². The fraction of sp³-hybridized carbons (Fsp3) is 0.474. The Balaban J connectivity index is 2.32. The number of rotatable bonds is 5. The van der Waals surface area contributed by atoms with Gasteiger partial charge in [-0.25, -0.2) is 4.98 Å². The number of aliphatic hydroxyl groups is 1. The maximum Gasteiger partial charge on any atom is 0.259 e. The molecule has 5 heteroatoms. The van der Waals surface area contributed by atoms with E-state index in [1.54, 1.807) is 4.57 Å². The highest BCUT2D eigenvalue weighted by molar-refractivity contribution is 5.72. The lowest BCUT2D eigenvalue weighted by molar-refractivity contribution is 0.310. The molecule has 1 aliphatic carbocycles. The largest absolute Gasteiger partial charge is 0.395 e. The zero-order chi connectivity index (χ0) is 17.3. The van der Waals surface area contributed by atoms with E-state index in [4.69, 9.17) is 10.1 Å². The lowest BCUT2D eigenvalue weighted by Crippen LogP contribution is -2.40. The molecule has 1 aliphatic rings. The highest BCUT2D eigenvalue weighted by Crippen LogP contribution is 2.42. The summed E-state index contributed by atoms with van der Waals surface area (Å²) < 4.78 is 1.68. The van der Waals surface area contributed by atoms with Gasteiger partial charge in [-0.2, -0.15) is 0 Å². The van der Waals surface area contributed by atoms with E-state index in [-0.39, 0.29) is 17.6 Å². The molecule has 0 saturated carbocycles. The molecule has 0 bridgehead atoms. The van der Waals surface area contributed by atoms with Crippen molar-refractivity contribution in [1.82, 2.24) is 9.55 Å². The molecule has 2 aromatic rings. The Morgan fingerprint density at radius 1 is 1.33 bits per heavy atom. The Bertz CT molecular complexity index is 813. The normalized spacial score (nSPS) is 18.8. The molecular formula is C19H25N3O2. The minimum atomic E-state index is -0.208. The standard InChI is InChI=1S/C19H25N3O2/c1-4-19(3)12-13-8-6-7-9-14(13)16-15(19)17(24)22(5-2)18(21-16)20-10-11-23/h6-9,23H,4-5,10-12H2,1-3H3,(H,20,21)/t19-/m1/s1. The first-order valence-electron chi connectivity index (χ1n) is 8.64. The average molecular weight is 327 g/mol. The van der Waals surface area contributed by atoms with Gasteiger partial charge in [-0.3, -0.25) is 9.36 Å². The number of benzene rings is 1. The van der Waals surface area contributed by atoms with Crippen LogP contribution in [0.1, 0.15) is 38.3 Å². The summed E-state index contributed by atoms with van der Waals surface area (Å²) in [6, 6.07) is 8.20. The molecule has 24 heavy (non-hydrogen) atoms. The van der Waals surface area contributed by atoms with Crippen molar-refractivity contribution in [3.05, 3.63) is 45.7 Å². The molecule has 5 nitrogen and oxygen atoms in total. The van der Waals surface area contributed by atoms with E-state index in [0.29, 0.717) is 19.0 Å². The summed E-state index contributed by atoms with van der Waals surface area (Å²) in [4.78, 5) is 18.0. The number of aliphatic hydroxyl groups excluding tert-OH is 1. The van der Waals surface area contributed by atoms with Gasteiger partial charge in [0.1, 0.15) is 0 Å². The number of hydrogen-bond donors (Lipinski definition) is 2. The molecule has 0 fully saturated rings. The smallest absolute Gasteiger partial charge is 0.259 e. The van der Waals surface area contributed by atoms with Gasteiger partial charge < -0.3 is 10.4 Å². The van der Waals surface area contributed by atoms with Gasteiger partial charge in [-0.05, 0) is 25.3 Å². The second kappa shape index (κ2) is 6.40. The van der Waals surface area contributed by atoms with Crippen LogP contribution in [0.15, 0.2) is 29.1 Å². The van der Waals surface area contributed by atoms with Gasteiger partial charge in [0, 0.05) is 24.1 Å². The Labute approximate surface area is 142 Å². The monoisotopic (exact) mass is 327 g/mol. The van der Waals surface area contributed by atoms with E-state index in [1.165, 1.54) is 5.56 Å². The number of anilines is 1. The maximum atomic E-state index is 13.2. The molecular weight excluding hydrogens is 302 g/mol. The van der Waals surface area contributed by atoms with Gasteiger partial charge in [0.05, 0.1) is 17.9 Å². The van der Waals surface area contributed by atoms with Gasteiger partial charge in [0.15, 0.2) is 0 Å². The van der Waals surface area contributed by atoms with Gasteiger partial charge in [0.25, 0.3) is 5.56 Å². The van der Waals surface area contributed by atoms with Crippen LogP contribution in [0, 0.1) is 0 Å². The van der Waals surface area contributed by atoms with Crippen molar-refractivity contribution in [2.45, 2.75) is 45.6 Å². The zero-order valence-corrected chi connectivity index (χ0v) is 14.6. The first-order chi connectivity index (χ1) is 11.6. The van der Waals surface area contributed by atoms with E-state index in [9.17, 15) is 4.79 Å².